The van der Waals surface area contributed by atoms with Crippen LogP contribution in [0.25, 0.3) is 6.08 Å². The van der Waals surface area contributed by atoms with Gasteiger partial charge in [0.05, 0.1) is 9.83 Å². The molecule has 3 rings (SSSR count). The van der Waals surface area contributed by atoms with Crippen molar-refractivity contribution in [3.05, 3.63) is 74.7 Å². The first kappa shape index (κ1) is 17.1. The highest BCUT2D eigenvalue weighted by molar-refractivity contribution is 8.26. The summed E-state index contributed by atoms with van der Waals surface area (Å²) in [6.45, 7) is 0.180. The lowest BCUT2D eigenvalue weighted by Crippen LogP contribution is -2.17. The molecule has 0 atom stereocenters. The topological polar surface area (TPSA) is 81.5 Å². The molecule has 1 saturated heterocycles. The molecule has 0 aliphatic carbocycles. The van der Waals surface area contributed by atoms with Crippen LogP contribution >= 0.6 is 24.0 Å². The van der Waals surface area contributed by atoms with Crippen molar-refractivity contribution < 1.29 is 14.5 Å². The van der Waals surface area contributed by atoms with E-state index in [4.69, 9.17) is 17.0 Å². The van der Waals surface area contributed by atoms with Gasteiger partial charge in [0.1, 0.15) is 10.9 Å². The standard InChI is InChI=1S/C17H12N2O4S2/c20-16-15(25-17(24)18-16)9-11-4-3-5-12(8-11)10-23-14-7-2-1-6-13(14)19(21)22/h1-9H,10H2,(H,18,20,24). The predicted octanol–water partition coefficient (Wildman–Crippen LogP) is 3.66. The van der Waals surface area contributed by atoms with Gasteiger partial charge in [-0.25, -0.2) is 0 Å². The van der Waals surface area contributed by atoms with E-state index < -0.39 is 4.92 Å². The third kappa shape index (κ3) is 4.23. The predicted molar refractivity (Wildman–Crippen MR) is 100 cm³/mol. The SMILES string of the molecule is O=C1NC(=S)SC1=Cc1cccc(COc2ccccc2[N+](=O)[O-])c1. The van der Waals surface area contributed by atoms with Gasteiger partial charge in [-0.15, -0.1) is 0 Å². The van der Waals surface area contributed by atoms with Gasteiger partial charge in [0.25, 0.3) is 5.91 Å². The van der Waals surface area contributed by atoms with Crippen molar-refractivity contribution in [2.45, 2.75) is 6.61 Å². The number of benzene rings is 2. The molecule has 0 unspecified atom stereocenters. The molecule has 1 heterocycles. The van der Waals surface area contributed by atoms with Crippen molar-refractivity contribution in [1.82, 2.24) is 5.32 Å². The quantitative estimate of drug-likeness (QED) is 0.373. The third-order valence-corrected chi connectivity index (χ3v) is 4.51. The Labute approximate surface area is 153 Å². The van der Waals surface area contributed by atoms with Crippen molar-refractivity contribution in [3.8, 4) is 5.75 Å². The number of thiocarbonyl (C=S) groups is 1. The molecular weight excluding hydrogens is 360 g/mol. The zero-order chi connectivity index (χ0) is 17.8. The van der Waals surface area contributed by atoms with Gasteiger partial charge in [0.15, 0.2) is 5.75 Å². The van der Waals surface area contributed by atoms with Crippen LogP contribution in [-0.4, -0.2) is 15.2 Å². The van der Waals surface area contributed by atoms with Gasteiger partial charge in [-0.05, 0) is 29.3 Å². The highest BCUT2D eigenvalue weighted by Crippen LogP contribution is 2.28. The highest BCUT2D eigenvalue weighted by Gasteiger charge is 2.21. The summed E-state index contributed by atoms with van der Waals surface area (Å²) in [5, 5.41) is 13.6. The normalized spacial score (nSPS) is 15.3. The van der Waals surface area contributed by atoms with E-state index in [0.29, 0.717) is 9.23 Å². The molecular formula is C17H12N2O4S2. The van der Waals surface area contributed by atoms with Crippen molar-refractivity contribution in [1.29, 1.82) is 0 Å². The van der Waals surface area contributed by atoms with Crippen LogP contribution in [0, 0.1) is 10.1 Å². The molecule has 1 amide bonds. The number of para-hydroxylation sites is 2. The van der Waals surface area contributed by atoms with Gasteiger partial charge in [-0.2, -0.15) is 0 Å². The molecule has 0 aromatic heterocycles. The second-order valence-corrected chi connectivity index (χ2v) is 6.83. The van der Waals surface area contributed by atoms with Crippen LogP contribution in [0.1, 0.15) is 11.1 Å². The summed E-state index contributed by atoms with van der Waals surface area (Å²) < 4.78 is 6.02. The number of nitrogens with one attached hydrogen (secondary N) is 1. The molecule has 2 aromatic carbocycles. The Morgan fingerprint density at radius 3 is 2.76 bits per heavy atom. The number of thioether (sulfide) groups is 1. The van der Waals surface area contributed by atoms with Crippen LogP contribution in [0.2, 0.25) is 0 Å². The number of hydrogen-bond donors (Lipinski definition) is 1. The van der Waals surface area contributed by atoms with Crippen molar-refractivity contribution in [3.63, 3.8) is 0 Å². The molecule has 25 heavy (non-hydrogen) atoms. The largest absolute Gasteiger partial charge is 0.482 e. The van der Waals surface area contributed by atoms with Crippen LogP contribution in [0.5, 0.6) is 5.75 Å². The minimum Gasteiger partial charge on any atom is -0.482 e. The molecule has 0 radical (unpaired) electrons. The Hall–Kier alpha value is -2.71. The summed E-state index contributed by atoms with van der Waals surface area (Å²) >= 11 is 6.17. The van der Waals surface area contributed by atoms with Crippen LogP contribution in [0.3, 0.4) is 0 Å². The van der Waals surface area contributed by atoms with E-state index in [1.54, 1.807) is 24.3 Å². The van der Waals surface area contributed by atoms with Gasteiger partial charge < -0.3 is 10.1 Å². The molecule has 1 aliphatic heterocycles. The molecule has 6 nitrogen and oxygen atoms in total. The maximum Gasteiger partial charge on any atom is 0.310 e. The number of nitro groups is 1. The van der Waals surface area contributed by atoms with E-state index in [1.807, 2.05) is 24.3 Å². The first-order chi connectivity index (χ1) is 12.0. The number of amides is 1. The Kier molecular flexibility index (Phi) is 5.11. The maximum atomic E-state index is 11.7. The summed E-state index contributed by atoms with van der Waals surface area (Å²) in [6.07, 6.45) is 1.74. The summed E-state index contributed by atoms with van der Waals surface area (Å²) in [5.74, 6) is 0.00361. The number of ether oxygens (including phenoxy) is 1. The first-order valence-corrected chi connectivity index (χ1v) is 8.45. The Morgan fingerprint density at radius 2 is 2.04 bits per heavy atom. The number of hydrogen-bond acceptors (Lipinski definition) is 6. The maximum absolute atomic E-state index is 11.7. The van der Waals surface area contributed by atoms with Crippen LogP contribution < -0.4 is 10.1 Å². The van der Waals surface area contributed by atoms with E-state index >= 15 is 0 Å². The molecule has 1 aliphatic rings. The fourth-order valence-electron chi connectivity index (χ4n) is 2.24. The average molecular weight is 372 g/mol. The smallest absolute Gasteiger partial charge is 0.310 e. The average Bonchev–Trinajstić information content (AvgIpc) is 2.91. The summed E-state index contributed by atoms with van der Waals surface area (Å²) in [6, 6.07) is 13.6. The molecule has 0 saturated carbocycles. The number of nitro benzene ring substituents is 1. The molecule has 1 N–H and O–H groups in total. The van der Waals surface area contributed by atoms with E-state index in [0.717, 1.165) is 11.1 Å². The van der Waals surface area contributed by atoms with Gasteiger partial charge in [0, 0.05) is 6.07 Å². The lowest BCUT2D eigenvalue weighted by Gasteiger charge is -2.07. The zero-order valence-corrected chi connectivity index (χ0v) is 14.4. The minimum absolute atomic E-state index is 0.0756. The number of rotatable bonds is 5. The van der Waals surface area contributed by atoms with Crippen molar-refractivity contribution in [2.24, 2.45) is 0 Å². The number of carbonyl (C=O) groups is 1. The molecule has 1 fully saturated rings. The highest BCUT2D eigenvalue weighted by atomic mass is 32.2. The van der Waals surface area contributed by atoms with Crippen LogP contribution in [0.15, 0.2) is 53.4 Å². The lowest BCUT2D eigenvalue weighted by molar-refractivity contribution is -0.385. The van der Waals surface area contributed by atoms with Gasteiger partial charge >= 0.3 is 5.69 Å². The van der Waals surface area contributed by atoms with E-state index in [2.05, 4.69) is 5.32 Å². The Morgan fingerprint density at radius 1 is 1.24 bits per heavy atom. The first-order valence-electron chi connectivity index (χ1n) is 7.23. The van der Waals surface area contributed by atoms with Gasteiger partial charge in [0.2, 0.25) is 0 Å². The number of carbonyl (C=O) groups excluding carboxylic acids is 1. The number of nitrogens with zero attached hydrogens (tertiary/aromatic N) is 1. The Bertz CT molecular complexity index is 896. The molecule has 0 bridgehead atoms. The van der Waals surface area contributed by atoms with E-state index in [1.165, 1.54) is 17.8 Å². The van der Waals surface area contributed by atoms with Gasteiger partial charge in [-0.1, -0.05) is 54.3 Å². The van der Waals surface area contributed by atoms with Gasteiger partial charge in [-0.3, -0.25) is 14.9 Å². The molecule has 2 aromatic rings. The lowest BCUT2D eigenvalue weighted by atomic mass is 10.1. The third-order valence-electron chi connectivity index (χ3n) is 3.35. The second kappa shape index (κ2) is 7.45. The van der Waals surface area contributed by atoms with Crippen molar-refractivity contribution >= 4 is 46.0 Å². The van der Waals surface area contributed by atoms with Crippen molar-refractivity contribution in [2.75, 3.05) is 0 Å². The molecule has 8 heteroatoms. The Balaban J connectivity index is 1.75. The summed E-state index contributed by atoms with van der Waals surface area (Å²) in [7, 11) is 0. The fourth-order valence-corrected chi connectivity index (χ4v) is 3.28. The second-order valence-electron chi connectivity index (χ2n) is 5.11. The van der Waals surface area contributed by atoms with Crippen LogP contribution in [0.4, 0.5) is 5.69 Å². The monoisotopic (exact) mass is 372 g/mol. The summed E-state index contributed by atoms with van der Waals surface area (Å²) in [5.41, 5.74) is 1.58. The summed E-state index contributed by atoms with van der Waals surface area (Å²) in [4.78, 5) is 22.8. The van der Waals surface area contributed by atoms with Crippen LogP contribution in [-0.2, 0) is 11.4 Å². The molecule has 0 spiro atoms. The molecule has 126 valence electrons. The fraction of sp³-hybridized carbons (Fsp3) is 0.0588. The van der Waals surface area contributed by atoms with E-state index in [-0.39, 0.29) is 24.0 Å². The minimum atomic E-state index is -0.477. The zero-order valence-electron chi connectivity index (χ0n) is 12.8. The van der Waals surface area contributed by atoms with E-state index in [9.17, 15) is 14.9 Å².